The van der Waals surface area contributed by atoms with Crippen LogP contribution in [0.2, 0.25) is 0 Å². The van der Waals surface area contributed by atoms with Gasteiger partial charge in [0.25, 0.3) is 0 Å². The van der Waals surface area contributed by atoms with E-state index in [2.05, 4.69) is 21.4 Å². The number of amides is 2. The van der Waals surface area contributed by atoms with Crippen molar-refractivity contribution in [3.05, 3.63) is 131 Å². The lowest BCUT2D eigenvalue weighted by Crippen LogP contribution is -2.55. The molecule has 5 N–H and O–H groups in total. The van der Waals surface area contributed by atoms with E-state index in [0.29, 0.717) is 10.6 Å². The lowest BCUT2D eigenvalue weighted by atomic mass is 9.77. The van der Waals surface area contributed by atoms with Gasteiger partial charge in [-0.2, -0.15) is 8.78 Å². The minimum atomic E-state index is -4.59. The molecular formula is C29H24ClF5N4O3. The number of ether oxygens (including phenoxy) is 2. The first-order chi connectivity index (χ1) is 19.8. The fourth-order valence-corrected chi connectivity index (χ4v) is 4.39. The number of nitrogens with two attached hydrogens (primary N) is 2. The van der Waals surface area contributed by atoms with E-state index in [9.17, 15) is 26.7 Å². The Balaban J connectivity index is 1.91. The summed E-state index contributed by atoms with van der Waals surface area (Å²) in [6.07, 6.45) is -5.34. The van der Waals surface area contributed by atoms with Gasteiger partial charge in [-0.15, -0.1) is 8.78 Å². The first kappa shape index (κ1) is 30.6. The number of carbonyl (C=O) groups is 1. The smallest absolute Gasteiger partial charge is 0.409 e. The Bertz CT molecular complexity index is 1550. The summed E-state index contributed by atoms with van der Waals surface area (Å²) in [5.41, 5.74) is 3.28. The van der Waals surface area contributed by atoms with Gasteiger partial charge in [-0.05, 0) is 53.1 Å². The van der Waals surface area contributed by atoms with Gasteiger partial charge in [-0.25, -0.2) is 24.8 Å². The summed E-state index contributed by atoms with van der Waals surface area (Å²) in [4.78, 5) is 13.6. The van der Waals surface area contributed by atoms with E-state index >= 15 is 0 Å². The minimum absolute atomic E-state index is 0.0302. The van der Waals surface area contributed by atoms with Gasteiger partial charge >= 0.3 is 18.4 Å². The third-order valence-electron chi connectivity index (χ3n) is 6.35. The average Bonchev–Trinajstić information content (AvgIpc) is 2.94. The molecule has 3 aromatic carbocycles. The number of anilines is 1. The van der Waals surface area contributed by atoms with Crippen molar-refractivity contribution in [2.45, 2.75) is 24.4 Å². The third kappa shape index (κ3) is 6.56. The Morgan fingerprint density at radius 2 is 1.76 bits per heavy atom. The molecule has 1 heterocycles. The maximum Gasteiger partial charge on any atom is 0.540 e. The second-order valence-corrected chi connectivity index (χ2v) is 9.59. The molecule has 2 amide bonds. The summed E-state index contributed by atoms with van der Waals surface area (Å²) in [6.45, 7) is 4.06. The van der Waals surface area contributed by atoms with Gasteiger partial charge in [0.2, 0.25) is 0 Å². The molecule has 0 saturated heterocycles. The lowest BCUT2D eigenvalue weighted by molar-refractivity contribution is -0.461. The first-order valence-electron chi connectivity index (χ1n) is 12.2. The molecule has 0 radical (unpaired) electrons. The number of nitrogens with zero attached hydrogens (tertiary/aromatic N) is 1. The van der Waals surface area contributed by atoms with Crippen LogP contribution in [0.3, 0.4) is 0 Å². The Kier molecular flexibility index (Phi) is 8.62. The zero-order chi connectivity index (χ0) is 30.7. The van der Waals surface area contributed by atoms with Crippen LogP contribution in [0.25, 0.3) is 0 Å². The molecule has 42 heavy (non-hydrogen) atoms. The Morgan fingerprint density at radius 1 is 1.05 bits per heavy atom. The van der Waals surface area contributed by atoms with Crippen molar-refractivity contribution in [2.24, 2.45) is 11.6 Å². The van der Waals surface area contributed by atoms with Gasteiger partial charge in [-0.3, -0.25) is 0 Å². The van der Waals surface area contributed by atoms with Gasteiger partial charge in [0.05, 0.1) is 21.8 Å². The molecule has 0 aliphatic carbocycles. The number of carbonyl (C=O) groups excluding carboxylic acids is 1. The largest absolute Gasteiger partial charge is 0.540 e. The number of nitrogens with one attached hydrogen (secondary N) is 1. The molecule has 1 aliphatic heterocycles. The summed E-state index contributed by atoms with van der Waals surface area (Å²) in [5.74, 6) is 4.52. The second-order valence-electron chi connectivity index (χ2n) is 9.15. The topological polar surface area (TPSA) is 103 Å². The second kappa shape index (κ2) is 11.8. The SMILES string of the molecule is C=C(/C=C\C(Cl)=C/N)[C@@](Cc1ccccc1)(NC(=O)N(N)c1cccc(F)c1)c1ccc2c(c1)C(F)(F)OC(F)(F)O2. The van der Waals surface area contributed by atoms with E-state index in [4.69, 9.17) is 23.2 Å². The van der Waals surface area contributed by atoms with Crippen LogP contribution < -0.4 is 26.6 Å². The van der Waals surface area contributed by atoms with Crippen LogP contribution in [-0.2, 0) is 22.8 Å². The molecule has 0 unspecified atom stereocenters. The van der Waals surface area contributed by atoms with Crippen molar-refractivity contribution in [3.63, 3.8) is 0 Å². The van der Waals surface area contributed by atoms with Crippen molar-refractivity contribution < 1.29 is 36.2 Å². The molecule has 220 valence electrons. The Morgan fingerprint density at radius 3 is 2.43 bits per heavy atom. The number of hydrazine groups is 1. The van der Waals surface area contributed by atoms with E-state index in [-0.39, 0.29) is 28.3 Å². The minimum Gasteiger partial charge on any atom is -0.409 e. The van der Waals surface area contributed by atoms with Gasteiger partial charge in [0.15, 0.2) is 0 Å². The van der Waals surface area contributed by atoms with Crippen LogP contribution in [0, 0.1) is 5.82 Å². The molecular weight excluding hydrogens is 583 g/mol. The van der Waals surface area contributed by atoms with Crippen LogP contribution in [-0.4, -0.2) is 12.3 Å². The highest BCUT2D eigenvalue weighted by atomic mass is 35.5. The van der Waals surface area contributed by atoms with Crippen LogP contribution in [0.4, 0.5) is 32.4 Å². The van der Waals surface area contributed by atoms with Crippen molar-refractivity contribution in [1.29, 1.82) is 0 Å². The van der Waals surface area contributed by atoms with E-state index in [1.54, 1.807) is 30.3 Å². The van der Waals surface area contributed by atoms with Crippen LogP contribution in [0.15, 0.2) is 108 Å². The van der Waals surface area contributed by atoms with Gasteiger partial charge in [-0.1, -0.05) is 66.7 Å². The Labute approximate surface area is 242 Å². The zero-order valence-corrected chi connectivity index (χ0v) is 22.4. The molecule has 7 nitrogen and oxygen atoms in total. The molecule has 0 saturated carbocycles. The van der Waals surface area contributed by atoms with Crippen molar-refractivity contribution in [3.8, 4) is 5.75 Å². The highest BCUT2D eigenvalue weighted by Crippen LogP contribution is 2.48. The molecule has 0 bridgehead atoms. The van der Waals surface area contributed by atoms with E-state index in [1.165, 1.54) is 30.4 Å². The number of alkyl halides is 4. The molecule has 3 aromatic rings. The molecule has 0 aromatic heterocycles. The molecule has 13 heteroatoms. The number of allylic oxidation sites excluding steroid dienone is 2. The maximum absolute atomic E-state index is 14.8. The van der Waals surface area contributed by atoms with Gasteiger partial charge in [0, 0.05) is 12.6 Å². The van der Waals surface area contributed by atoms with E-state index < -0.39 is 41.1 Å². The maximum atomic E-state index is 14.8. The summed E-state index contributed by atoms with van der Waals surface area (Å²) in [6, 6.07) is 15.4. The predicted octanol–water partition coefficient (Wildman–Crippen LogP) is 6.51. The van der Waals surface area contributed by atoms with Crippen molar-refractivity contribution in [1.82, 2.24) is 5.32 Å². The lowest BCUT2D eigenvalue weighted by Gasteiger charge is -2.39. The highest BCUT2D eigenvalue weighted by molar-refractivity contribution is 6.31. The standard InChI is InChI=1S/C29H24ClF5N4O3/c1-18(10-12-21(30)17-36)27(16-19-6-3-2-4-7-19,38-26(40)39(37)23-9-5-8-22(31)15-23)20-11-13-25-24(14-20)28(32,33)42-29(34,35)41-25/h2-15,17H,1,16,36-37H2,(H,38,40)/b12-10-,21-17+/t27-/m1/s1. The summed E-state index contributed by atoms with van der Waals surface area (Å²) in [7, 11) is 0. The predicted molar refractivity (Wildman–Crippen MR) is 147 cm³/mol. The molecule has 4 rings (SSSR count). The number of hydrogen-bond acceptors (Lipinski definition) is 5. The molecule has 1 atom stereocenters. The Hall–Kier alpha value is -4.39. The fourth-order valence-electron chi connectivity index (χ4n) is 4.33. The highest BCUT2D eigenvalue weighted by Gasteiger charge is 2.55. The third-order valence-corrected chi connectivity index (χ3v) is 6.60. The summed E-state index contributed by atoms with van der Waals surface area (Å²) in [5, 5.41) is 3.42. The molecule has 1 aliphatic rings. The van der Waals surface area contributed by atoms with Gasteiger partial charge in [0.1, 0.15) is 11.6 Å². The van der Waals surface area contributed by atoms with E-state index in [0.717, 1.165) is 30.5 Å². The van der Waals surface area contributed by atoms with Crippen LogP contribution in [0.1, 0.15) is 16.7 Å². The van der Waals surface area contributed by atoms with E-state index in [1.807, 2.05) is 0 Å². The van der Waals surface area contributed by atoms with Crippen molar-refractivity contribution >= 4 is 23.3 Å². The first-order valence-corrected chi connectivity index (χ1v) is 12.6. The average molecular weight is 607 g/mol. The number of urea groups is 1. The fraction of sp³-hybridized carbons (Fsp3) is 0.138. The number of rotatable bonds is 8. The number of fused-ring (bicyclic) bond motifs is 1. The zero-order valence-electron chi connectivity index (χ0n) is 21.7. The summed E-state index contributed by atoms with van der Waals surface area (Å²) < 4.78 is 78.9. The summed E-state index contributed by atoms with van der Waals surface area (Å²) >= 11 is 6.03. The van der Waals surface area contributed by atoms with Crippen LogP contribution >= 0.6 is 11.6 Å². The quantitative estimate of drug-likeness (QED) is 0.0892. The number of hydrogen-bond donors (Lipinski definition) is 3. The normalized spacial score (nSPS) is 17.1. The van der Waals surface area contributed by atoms with Crippen molar-refractivity contribution in [2.75, 3.05) is 5.01 Å². The monoisotopic (exact) mass is 606 g/mol. The number of halogens is 6. The molecule has 0 spiro atoms. The van der Waals surface area contributed by atoms with Crippen LogP contribution in [0.5, 0.6) is 5.75 Å². The number of benzene rings is 3. The molecule has 0 fully saturated rings. The van der Waals surface area contributed by atoms with Gasteiger partial charge < -0.3 is 15.8 Å².